The molecular weight excluding hydrogens is 463 g/mol. The minimum atomic E-state index is -0.300. The van der Waals surface area contributed by atoms with Gasteiger partial charge in [-0.2, -0.15) is 15.0 Å². The van der Waals surface area contributed by atoms with E-state index in [1.54, 1.807) is 12.1 Å². The van der Waals surface area contributed by atoms with Gasteiger partial charge in [0, 0.05) is 11.7 Å². The molecule has 0 radical (unpaired) electrons. The van der Waals surface area contributed by atoms with Crippen LogP contribution in [0.4, 0.5) is 22.0 Å². The topological polar surface area (TPSA) is 107 Å². The fourth-order valence-corrected chi connectivity index (χ4v) is 5.18. The predicted molar refractivity (Wildman–Crippen MR) is 136 cm³/mol. The zero-order chi connectivity index (χ0) is 24.2. The molecule has 10 heteroatoms. The summed E-state index contributed by atoms with van der Waals surface area (Å²) in [5, 5.41) is 12.7. The van der Waals surface area contributed by atoms with Gasteiger partial charge in [-0.05, 0) is 44.0 Å². The maximum absolute atomic E-state index is 14.6. The molecule has 180 valence electrons. The number of aryl methyl sites for hydroxylation is 1. The Balaban J connectivity index is 1.40. The number of nitrogens with zero attached hydrogens (tertiary/aromatic N) is 6. The van der Waals surface area contributed by atoms with E-state index in [2.05, 4.69) is 35.0 Å². The summed E-state index contributed by atoms with van der Waals surface area (Å²) in [6, 6.07) is 14.9. The van der Waals surface area contributed by atoms with E-state index in [0.29, 0.717) is 28.9 Å². The number of hydrogen-bond donors (Lipinski definition) is 2. The van der Waals surface area contributed by atoms with Crippen molar-refractivity contribution in [3.05, 3.63) is 65.7 Å². The van der Waals surface area contributed by atoms with Gasteiger partial charge in [0.05, 0.1) is 11.3 Å². The monoisotopic (exact) mass is 490 g/mol. The van der Waals surface area contributed by atoms with Gasteiger partial charge < -0.3 is 11.1 Å². The first kappa shape index (κ1) is 23.2. The standard InChI is InChI=1S/C25H27FN8S/c1-16-11-13-17(14-12-16)28-24-30-21(29-23(27)31-24)15-35-25-33-32-22(19-9-5-6-10-20(19)26)34(25)18-7-3-2-4-8-18/h5-6,9-14,18H,2-4,7-8,15H2,1H3,(H3,27,28,29,30,31). The lowest BCUT2D eigenvalue weighted by Crippen LogP contribution is -2.15. The minimum absolute atomic E-state index is 0.144. The molecule has 8 nitrogen and oxygen atoms in total. The first-order chi connectivity index (χ1) is 17.1. The highest BCUT2D eigenvalue weighted by Gasteiger charge is 2.25. The Morgan fingerprint density at radius 2 is 1.77 bits per heavy atom. The Bertz CT molecular complexity index is 1300. The molecule has 3 N–H and O–H groups in total. The first-order valence-corrected chi connectivity index (χ1v) is 12.7. The number of anilines is 3. The van der Waals surface area contributed by atoms with E-state index < -0.39 is 0 Å². The molecule has 2 aromatic carbocycles. The van der Waals surface area contributed by atoms with Gasteiger partial charge in [-0.25, -0.2) is 4.39 Å². The van der Waals surface area contributed by atoms with Gasteiger partial charge in [-0.1, -0.05) is 60.9 Å². The number of aromatic nitrogens is 6. The predicted octanol–water partition coefficient (Wildman–Crippen LogP) is 5.70. The molecule has 0 amide bonds. The number of rotatable bonds is 7. The van der Waals surface area contributed by atoms with Crippen LogP contribution in [0.15, 0.2) is 53.7 Å². The lowest BCUT2D eigenvalue weighted by molar-refractivity contribution is 0.339. The van der Waals surface area contributed by atoms with Crippen molar-refractivity contribution in [1.82, 2.24) is 29.7 Å². The molecule has 0 spiro atoms. The van der Waals surface area contributed by atoms with Crippen LogP contribution in [-0.4, -0.2) is 29.7 Å². The van der Waals surface area contributed by atoms with Crippen LogP contribution >= 0.6 is 11.8 Å². The van der Waals surface area contributed by atoms with Crippen LogP contribution in [0.1, 0.15) is 49.5 Å². The number of hydrogen-bond acceptors (Lipinski definition) is 8. The van der Waals surface area contributed by atoms with Crippen LogP contribution in [0.3, 0.4) is 0 Å². The molecule has 1 aliphatic carbocycles. The van der Waals surface area contributed by atoms with E-state index in [1.165, 1.54) is 29.8 Å². The van der Waals surface area contributed by atoms with Gasteiger partial charge in [-0.15, -0.1) is 10.2 Å². The SMILES string of the molecule is Cc1ccc(Nc2nc(N)nc(CSc3nnc(-c4ccccc4F)n3C3CCCCC3)n2)cc1. The summed E-state index contributed by atoms with van der Waals surface area (Å²) in [5.74, 6) is 1.75. The second kappa shape index (κ2) is 10.4. The smallest absolute Gasteiger partial charge is 0.232 e. The van der Waals surface area contributed by atoms with E-state index in [4.69, 9.17) is 5.73 Å². The molecule has 0 aliphatic heterocycles. The van der Waals surface area contributed by atoms with Gasteiger partial charge in [0.25, 0.3) is 0 Å². The summed E-state index contributed by atoms with van der Waals surface area (Å²) in [7, 11) is 0. The Hall–Kier alpha value is -3.53. The van der Waals surface area contributed by atoms with Gasteiger partial charge in [0.15, 0.2) is 11.0 Å². The third-order valence-corrected chi connectivity index (χ3v) is 7.00. The van der Waals surface area contributed by atoms with E-state index >= 15 is 0 Å². The molecule has 2 aromatic heterocycles. The molecule has 0 unspecified atom stereocenters. The number of nitrogen functional groups attached to an aromatic ring is 1. The van der Waals surface area contributed by atoms with Gasteiger partial charge in [0.2, 0.25) is 11.9 Å². The minimum Gasteiger partial charge on any atom is -0.368 e. The van der Waals surface area contributed by atoms with E-state index in [0.717, 1.165) is 36.5 Å². The van der Waals surface area contributed by atoms with E-state index in [-0.39, 0.29) is 17.8 Å². The van der Waals surface area contributed by atoms with Crippen LogP contribution in [0.2, 0.25) is 0 Å². The quantitative estimate of drug-likeness (QED) is 0.318. The lowest BCUT2D eigenvalue weighted by atomic mass is 9.95. The maximum atomic E-state index is 14.6. The van der Waals surface area contributed by atoms with Gasteiger partial charge >= 0.3 is 0 Å². The van der Waals surface area contributed by atoms with Crippen molar-refractivity contribution in [3.63, 3.8) is 0 Å². The molecule has 1 saturated carbocycles. The molecule has 4 aromatic rings. The highest BCUT2D eigenvalue weighted by atomic mass is 32.2. The average molecular weight is 491 g/mol. The summed E-state index contributed by atoms with van der Waals surface area (Å²) in [4.78, 5) is 13.1. The summed E-state index contributed by atoms with van der Waals surface area (Å²) in [5.41, 5.74) is 8.46. The molecule has 0 atom stereocenters. The second-order valence-corrected chi connectivity index (χ2v) is 9.60. The molecule has 2 heterocycles. The maximum Gasteiger partial charge on any atom is 0.232 e. The molecule has 1 fully saturated rings. The molecule has 1 aliphatic rings. The van der Waals surface area contributed by atoms with Crippen molar-refractivity contribution in [2.24, 2.45) is 0 Å². The highest BCUT2D eigenvalue weighted by Crippen LogP contribution is 2.36. The first-order valence-electron chi connectivity index (χ1n) is 11.7. The number of nitrogens with one attached hydrogen (secondary N) is 1. The lowest BCUT2D eigenvalue weighted by Gasteiger charge is -2.25. The normalized spacial score (nSPS) is 14.2. The van der Waals surface area contributed by atoms with Crippen LogP contribution in [-0.2, 0) is 5.75 Å². The van der Waals surface area contributed by atoms with Crippen molar-refractivity contribution >= 4 is 29.3 Å². The second-order valence-electron chi connectivity index (χ2n) is 8.66. The van der Waals surface area contributed by atoms with Crippen molar-refractivity contribution in [2.75, 3.05) is 11.1 Å². The van der Waals surface area contributed by atoms with Crippen molar-refractivity contribution in [1.29, 1.82) is 0 Å². The summed E-state index contributed by atoms with van der Waals surface area (Å²) < 4.78 is 16.7. The Labute approximate surface area is 207 Å². The fourth-order valence-electron chi connectivity index (χ4n) is 4.32. The highest BCUT2D eigenvalue weighted by molar-refractivity contribution is 7.98. The zero-order valence-electron chi connectivity index (χ0n) is 19.5. The number of benzene rings is 2. The Morgan fingerprint density at radius 1 is 1.00 bits per heavy atom. The number of nitrogens with two attached hydrogens (primary N) is 1. The largest absolute Gasteiger partial charge is 0.368 e. The summed E-state index contributed by atoms with van der Waals surface area (Å²) in [6.07, 6.45) is 5.55. The Kier molecular flexibility index (Phi) is 6.89. The van der Waals surface area contributed by atoms with E-state index in [1.807, 2.05) is 37.3 Å². The third kappa shape index (κ3) is 5.43. The van der Waals surface area contributed by atoms with Crippen LogP contribution in [0.5, 0.6) is 0 Å². The van der Waals surface area contributed by atoms with Gasteiger partial charge in [-0.3, -0.25) is 4.57 Å². The van der Waals surface area contributed by atoms with Crippen molar-refractivity contribution in [2.45, 2.75) is 56.0 Å². The average Bonchev–Trinajstić information content (AvgIpc) is 3.28. The Morgan fingerprint density at radius 3 is 2.54 bits per heavy atom. The van der Waals surface area contributed by atoms with E-state index in [9.17, 15) is 4.39 Å². The third-order valence-electron chi connectivity index (χ3n) is 6.06. The number of halogens is 1. The molecular formula is C25H27FN8S. The van der Waals surface area contributed by atoms with Crippen molar-refractivity contribution < 1.29 is 4.39 Å². The molecule has 0 saturated heterocycles. The summed E-state index contributed by atoms with van der Waals surface area (Å²) >= 11 is 1.47. The molecule has 0 bridgehead atoms. The van der Waals surface area contributed by atoms with Crippen LogP contribution < -0.4 is 11.1 Å². The zero-order valence-corrected chi connectivity index (χ0v) is 20.3. The molecule has 5 rings (SSSR count). The van der Waals surface area contributed by atoms with Crippen LogP contribution in [0.25, 0.3) is 11.4 Å². The summed E-state index contributed by atoms with van der Waals surface area (Å²) in [6.45, 7) is 2.03. The van der Waals surface area contributed by atoms with Crippen LogP contribution in [0, 0.1) is 12.7 Å². The van der Waals surface area contributed by atoms with Crippen molar-refractivity contribution in [3.8, 4) is 11.4 Å². The fraction of sp³-hybridized carbons (Fsp3) is 0.320. The molecule has 35 heavy (non-hydrogen) atoms. The van der Waals surface area contributed by atoms with Gasteiger partial charge in [0.1, 0.15) is 11.6 Å². The number of thioether (sulfide) groups is 1.